The molecule has 1 aliphatic carbocycles. The van der Waals surface area contributed by atoms with E-state index >= 15 is 0 Å². The zero-order valence-electron chi connectivity index (χ0n) is 14.4. The van der Waals surface area contributed by atoms with Gasteiger partial charge in [-0.1, -0.05) is 29.8 Å². The zero-order chi connectivity index (χ0) is 18.8. The number of thioether (sulfide) groups is 1. The van der Waals surface area contributed by atoms with Crippen molar-refractivity contribution in [3.8, 4) is 6.07 Å². The zero-order valence-corrected chi connectivity index (χ0v) is 17.6. The van der Waals surface area contributed by atoms with Crippen molar-refractivity contribution >= 4 is 67.2 Å². The largest absolute Gasteiger partial charge is 0.316 e. The molecular weight excluding hydrogens is 418 g/mol. The Labute approximate surface area is 174 Å². The van der Waals surface area contributed by atoms with Crippen LogP contribution in [-0.4, -0.2) is 16.6 Å². The number of rotatable bonds is 4. The number of nitrogens with zero attached hydrogens (tertiary/aromatic N) is 2. The van der Waals surface area contributed by atoms with Gasteiger partial charge in [0.05, 0.1) is 21.5 Å². The molecule has 0 atom stereocenters. The third-order valence-corrected chi connectivity index (χ3v) is 8.06. The molecule has 0 saturated heterocycles. The van der Waals surface area contributed by atoms with Gasteiger partial charge in [0.1, 0.15) is 11.1 Å². The van der Waals surface area contributed by atoms with Crippen LogP contribution in [-0.2, 0) is 17.6 Å². The molecule has 0 fully saturated rings. The average molecular weight is 434 g/mol. The molecule has 0 unspecified atom stereocenters. The molecule has 1 N–H and O–H groups in total. The number of hydrogen-bond acceptors (Lipinski definition) is 6. The summed E-state index contributed by atoms with van der Waals surface area (Å²) < 4.78 is 1.89. The number of hydrogen-bond donors (Lipinski definition) is 1. The highest BCUT2D eigenvalue weighted by molar-refractivity contribution is 8.01. The van der Waals surface area contributed by atoms with E-state index in [1.807, 2.05) is 18.2 Å². The van der Waals surface area contributed by atoms with Crippen molar-refractivity contribution in [1.82, 2.24) is 4.98 Å². The highest BCUT2D eigenvalue weighted by atomic mass is 35.5. The molecule has 3 aromatic rings. The predicted octanol–water partition coefficient (Wildman–Crippen LogP) is 5.88. The first-order valence-electron chi connectivity index (χ1n) is 8.67. The summed E-state index contributed by atoms with van der Waals surface area (Å²) in [6, 6.07) is 7.91. The van der Waals surface area contributed by atoms with E-state index in [1.165, 1.54) is 23.1 Å². The molecule has 2 aromatic heterocycles. The number of nitriles is 1. The van der Waals surface area contributed by atoms with Gasteiger partial charge in [0.2, 0.25) is 5.91 Å². The van der Waals surface area contributed by atoms with E-state index in [2.05, 4.69) is 16.4 Å². The molecule has 8 heteroatoms. The fourth-order valence-corrected chi connectivity index (χ4v) is 6.45. The number of halogens is 1. The van der Waals surface area contributed by atoms with Gasteiger partial charge in [-0.3, -0.25) is 4.79 Å². The van der Waals surface area contributed by atoms with Crippen LogP contribution in [0.25, 0.3) is 10.2 Å². The SMILES string of the molecule is N#Cc1c(NC(=O)CSc2nc3cc(Cl)ccc3s2)sc2c1CCCCC2. The van der Waals surface area contributed by atoms with Crippen LogP contribution in [0, 0.1) is 11.3 Å². The molecule has 2 heterocycles. The van der Waals surface area contributed by atoms with Gasteiger partial charge in [-0.25, -0.2) is 4.98 Å². The van der Waals surface area contributed by atoms with Gasteiger partial charge < -0.3 is 5.32 Å². The number of thiophene rings is 1. The van der Waals surface area contributed by atoms with Crippen LogP contribution >= 0.6 is 46.0 Å². The Bertz CT molecular complexity index is 1050. The fourth-order valence-electron chi connectivity index (χ4n) is 3.18. The molecule has 0 saturated carbocycles. The van der Waals surface area contributed by atoms with Crippen molar-refractivity contribution < 1.29 is 4.79 Å². The van der Waals surface area contributed by atoms with Gasteiger partial charge in [0.15, 0.2) is 4.34 Å². The number of benzene rings is 1. The summed E-state index contributed by atoms with van der Waals surface area (Å²) in [5.41, 5.74) is 2.65. The van der Waals surface area contributed by atoms with E-state index in [1.54, 1.807) is 22.7 Å². The predicted molar refractivity (Wildman–Crippen MR) is 114 cm³/mol. The number of thiazole rings is 1. The standard InChI is InChI=1S/C19H16ClN3OS3/c20-11-6-7-16-14(8-11)22-19(27-16)25-10-17(24)23-18-13(9-21)12-4-2-1-3-5-15(12)26-18/h6-8H,1-5,10H2,(H,23,24). The third-order valence-electron chi connectivity index (χ3n) is 4.44. The number of aryl methyl sites for hydroxylation is 1. The number of nitrogens with one attached hydrogen (secondary N) is 1. The van der Waals surface area contributed by atoms with Crippen molar-refractivity contribution in [2.75, 3.05) is 11.1 Å². The molecule has 0 aliphatic heterocycles. The van der Waals surface area contributed by atoms with Crippen molar-refractivity contribution in [3.63, 3.8) is 0 Å². The van der Waals surface area contributed by atoms with Crippen LogP contribution in [0.1, 0.15) is 35.3 Å². The summed E-state index contributed by atoms with van der Waals surface area (Å²) in [6.07, 6.45) is 5.42. The summed E-state index contributed by atoms with van der Waals surface area (Å²) >= 11 is 10.5. The van der Waals surface area contributed by atoms with Crippen molar-refractivity contribution in [1.29, 1.82) is 5.26 Å². The Balaban J connectivity index is 1.44. The van der Waals surface area contributed by atoms with Gasteiger partial charge in [-0.2, -0.15) is 5.26 Å². The van der Waals surface area contributed by atoms with Crippen LogP contribution in [0.3, 0.4) is 0 Å². The first kappa shape index (κ1) is 18.8. The Morgan fingerprint density at radius 1 is 1.30 bits per heavy atom. The van der Waals surface area contributed by atoms with Gasteiger partial charge in [0.25, 0.3) is 0 Å². The van der Waals surface area contributed by atoms with Gasteiger partial charge in [-0.15, -0.1) is 22.7 Å². The number of amides is 1. The van der Waals surface area contributed by atoms with Crippen LogP contribution < -0.4 is 5.32 Å². The maximum atomic E-state index is 12.4. The van der Waals surface area contributed by atoms with Crippen LogP contribution in [0.15, 0.2) is 22.5 Å². The van der Waals surface area contributed by atoms with Crippen LogP contribution in [0.5, 0.6) is 0 Å². The average Bonchev–Trinajstić information content (AvgIpc) is 3.11. The lowest BCUT2D eigenvalue weighted by molar-refractivity contribution is -0.113. The second-order valence-corrected chi connectivity index (χ2v) is 10.1. The number of fused-ring (bicyclic) bond motifs is 2. The van der Waals surface area contributed by atoms with Crippen LogP contribution in [0.2, 0.25) is 5.02 Å². The van der Waals surface area contributed by atoms with Crippen molar-refractivity contribution in [3.05, 3.63) is 39.2 Å². The summed E-state index contributed by atoms with van der Waals surface area (Å²) in [6.45, 7) is 0. The van der Waals surface area contributed by atoms with E-state index in [9.17, 15) is 10.1 Å². The van der Waals surface area contributed by atoms with E-state index < -0.39 is 0 Å². The molecular formula is C19H16ClN3OS3. The Hall–Kier alpha value is -1.59. The maximum Gasteiger partial charge on any atom is 0.235 e. The van der Waals surface area contributed by atoms with Crippen LogP contribution in [0.4, 0.5) is 5.00 Å². The van der Waals surface area contributed by atoms with E-state index in [0.717, 1.165) is 45.8 Å². The summed E-state index contributed by atoms with van der Waals surface area (Å²) in [5, 5.41) is 13.9. The third kappa shape index (κ3) is 4.14. The highest BCUT2D eigenvalue weighted by Gasteiger charge is 2.21. The number of aromatic nitrogens is 1. The fraction of sp³-hybridized carbons (Fsp3) is 0.316. The quantitative estimate of drug-likeness (QED) is 0.412. The lowest BCUT2D eigenvalue weighted by Gasteiger charge is -2.03. The van der Waals surface area contributed by atoms with Gasteiger partial charge in [-0.05, 0) is 49.4 Å². The number of anilines is 1. The van der Waals surface area contributed by atoms with E-state index in [-0.39, 0.29) is 11.7 Å². The lowest BCUT2D eigenvalue weighted by atomic mass is 10.1. The normalized spacial score (nSPS) is 13.8. The molecule has 1 amide bonds. The molecule has 4 rings (SSSR count). The number of carbonyl (C=O) groups excluding carboxylic acids is 1. The van der Waals surface area contributed by atoms with Gasteiger partial charge in [0, 0.05) is 9.90 Å². The molecule has 27 heavy (non-hydrogen) atoms. The van der Waals surface area contributed by atoms with E-state index in [4.69, 9.17) is 11.6 Å². The Morgan fingerprint density at radius 3 is 3.00 bits per heavy atom. The second kappa shape index (κ2) is 8.19. The summed E-state index contributed by atoms with van der Waals surface area (Å²) in [7, 11) is 0. The molecule has 0 radical (unpaired) electrons. The lowest BCUT2D eigenvalue weighted by Crippen LogP contribution is -2.13. The summed E-state index contributed by atoms with van der Waals surface area (Å²) in [4.78, 5) is 18.2. The minimum absolute atomic E-state index is 0.106. The highest BCUT2D eigenvalue weighted by Crippen LogP contribution is 2.37. The van der Waals surface area contributed by atoms with E-state index in [0.29, 0.717) is 15.6 Å². The molecule has 1 aromatic carbocycles. The monoisotopic (exact) mass is 433 g/mol. The molecule has 1 aliphatic rings. The van der Waals surface area contributed by atoms with Crippen molar-refractivity contribution in [2.45, 2.75) is 36.4 Å². The van der Waals surface area contributed by atoms with Crippen molar-refractivity contribution in [2.24, 2.45) is 0 Å². The second-order valence-electron chi connectivity index (χ2n) is 6.31. The first-order chi connectivity index (χ1) is 13.1. The Kier molecular flexibility index (Phi) is 5.69. The molecule has 0 spiro atoms. The van der Waals surface area contributed by atoms with Gasteiger partial charge >= 0.3 is 0 Å². The minimum Gasteiger partial charge on any atom is -0.316 e. The Morgan fingerprint density at radius 2 is 2.15 bits per heavy atom. The number of carbonyl (C=O) groups is 1. The molecule has 4 nitrogen and oxygen atoms in total. The molecule has 0 bridgehead atoms. The topological polar surface area (TPSA) is 65.8 Å². The smallest absolute Gasteiger partial charge is 0.235 e. The minimum atomic E-state index is -0.106. The maximum absolute atomic E-state index is 12.4. The molecule has 138 valence electrons. The summed E-state index contributed by atoms with van der Waals surface area (Å²) in [5.74, 6) is 0.159. The first-order valence-corrected chi connectivity index (χ1v) is 11.7.